The number of carbonyl (C=O) groups is 1. The van der Waals surface area contributed by atoms with Crippen LogP contribution in [0.5, 0.6) is 5.75 Å². The number of sulfone groups is 1. The summed E-state index contributed by atoms with van der Waals surface area (Å²) in [6, 6.07) is 0.188. The van der Waals surface area contributed by atoms with E-state index in [4.69, 9.17) is 4.74 Å². The molecule has 0 fully saturated rings. The van der Waals surface area contributed by atoms with E-state index in [0.29, 0.717) is 6.26 Å². The molecular weight excluding hydrogens is 522 g/mol. The number of halogens is 6. The van der Waals surface area contributed by atoms with E-state index in [0.717, 1.165) is 0 Å². The molecule has 0 bridgehead atoms. The first kappa shape index (κ1) is 27.7. The molecule has 0 saturated heterocycles. The normalized spacial score (nSPS) is 14.3. The fourth-order valence-corrected chi connectivity index (χ4v) is 4.41. The summed E-state index contributed by atoms with van der Waals surface area (Å²) in [6.45, 7) is 3.69. The maximum absolute atomic E-state index is 15.3. The standard InChI is InChI=1S/C18H16F6O8S2/c1-17(2,3)31-14(16(25)26)11-13(32-34(29,30)18(22,23)24)8-5-7(19)6-9(20)10(8)12(21)15(11)33(4,27)28/h5-6,14H,1-4H3,(H,25,26). The largest absolute Gasteiger partial charge is 0.534 e. The van der Waals surface area contributed by atoms with Crippen LogP contribution in [0.15, 0.2) is 17.0 Å². The van der Waals surface area contributed by atoms with E-state index < -0.39 is 87.6 Å². The predicted octanol–water partition coefficient (Wildman–Crippen LogP) is 3.83. The van der Waals surface area contributed by atoms with Crippen LogP contribution in [0.1, 0.15) is 32.4 Å². The second-order valence-electron chi connectivity index (χ2n) is 7.90. The lowest BCUT2D eigenvalue weighted by Gasteiger charge is -2.28. The Morgan fingerprint density at radius 2 is 1.56 bits per heavy atom. The maximum Gasteiger partial charge on any atom is 0.534 e. The number of carboxylic acids is 1. The Kier molecular flexibility index (Phi) is 6.97. The number of alkyl halides is 3. The molecule has 1 unspecified atom stereocenters. The summed E-state index contributed by atoms with van der Waals surface area (Å²) in [5.41, 5.74) is -9.18. The molecule has 16 heteroatoms. The van der Waals surface area contributed by atoms with Gasteiger partial charge in [-0.1, -0.05) is 0 Å². The molecule has 8 nitrogen and oxygen atoms in total. The molecule has 0 aliphatic rings. The van der Waals surface area contributed by atoms with Crippen molar-refractivity contribution in [3.05, 3.63) is 35.1 Å². The number of ether oxygens (including phenoxy) is 1. The van der Waals surface area contributed by atoms with Crippen molar-refractivity contribution in [3.63, 3.8) is 0 Å². The van der Waals surface area contributed by atoms with Crippen LogP contribution < -0.4 is 4.18 Å². The fraction of sp³-hybridized carbons (Fsp3) is 0.389. The van der Waals surface area contributed by atoms with E-state index in [1.165, 1.54) is 20.8 Å². The van der Waals surface area contributed by atoms with Gasteiger partial charge in [-0.15, -0.1) is 0 Å². The predicted molar refractivity (Wildman–Crippen MR) is 104 cm³/mol. The smallest absolute Gasteiger partial charge is 0.479 e. The number of carboxylic acid groups (broad SMARTS) is 1. The Hall–Kier alpha value is -2.59. The van der Waals surface area contributed by atoms with Gasteiger partial charge in [-0.3, -0.25) is 0 Å². The van der Waals surface area contributed by atoms with Crippen LogP contribution in [0.2, 0.25) is 0 Å². The van der Waals surface area contributed by atoms with Crippen LogP contribution in [0.3, 0.4) is 0 Å². The van der Waals surface area contributed by atoms with Gasteiger partial charge in [-0.05, 0) is 26.8 Å². The Morgan fingerprint density at radius 1 is 1.03 bits per heavy atom. The summed E-state index contributed by atoms with van der Waals surface area (Å²) in [7, 11) is -11.6. The van der Waals surface area contributed by atoms with Crippen molar-refractivity contribution in [2.45, 2.75) is 42.9 Å². The first-order valence-electron chi connectivity index (χ1n) is 8.84. The summed E-state index contributed by atoms with van der Waals surface area (Å²) in [4.78, 5) is 10.2. The van der Waals surface area contributed by atoms with Crippen molar-refractivity contribution < 1.29 is 62.0 Å². The molecule has 2 aromatic carbocycles. The first-order valence-corrected chi connectivity index (χ1v) is 12.1. The highest BCUT2D eigenvalue weighted by molar-refractivity contribution is 7.90. The van der Waals surface area contributed by atoms with Gasteiger partial charge in [0.05, 0.1) is 16.6 Å². The van der Waals surface area contributed by atoms with Crippen LogP contribution in [0, 0.1) is 17.5 Å². The minimum absolute atomic E-state index is 0.0412. The lowest BCUT2D eigenvalue weighted by atomic mass is 9.99. The van der Waals surface area contributed by atoms with Crippen LogP contribution in [0.4, 0.5) is 26.3 Å². The SMILES string of the molecule is CC(C)(C)OC(C(=O)O)c1c(S(C)(=O)=O)c(F)c2c(F)cc(F)cc2c1OS(=O)(=O)C(F)(F)F. The monoisotopic (exact) mass is 538 g/mol. The minimum Gasteiger partial charge on any atom is -0.479 e. The highest BCUT2D eigenvalue weighted by atomic mass is 32.2. The summed E-state index contributed by atoms with van der Waals surface area (Å²) in [6.07, 6.45) is -2.37. The van der Waals surface area contributed by atoms with E-state index in [-0.39, 0.29) is 12.1 Å². The van der Waals surface area contributed by atoms with Gasteiger partial charge in [0.1, 0.15) is 16.5 Å². The zero-order valence-corrected chi connectivity index (χ0v) is 19.3. The molecule has 0 aromatic heterocycles. The molecule has 1 atom stereocenters. The molecule has 34 heavy (non-hydrogen) atoms. The van der Waals surface area contributed by atoms with Gasteiger partial charge in [-0.25, -0.2) is 26.4 Å². The Morgan fingerprint density at radius 3 is 1.97 bits per heavy atom. The third-order valence-electron chi connectivity index (χ3n) is 4.01. The van der Waals surface area contributed by atoms with Crippen LogP contribution in [-0.4, -0.2) is 45.3 Å². The second-order valence-corrected chi connectivity index (χ2v) is 11.4. The average molecular weight is 538 g/mol. The highest BCUT2D eigenvalue weighted by Gasteiger charge is 2.50. The highest BCUT2D eigenvalue weighted by Crippen LogP contribution is 2.46. The summed E-state index contributed by atoms with van der Waals surface area (Å²) < 4.78 is 140. The topological polar surface area (TPSA) is 124 Å². The number of fused-ring (bicyclic) bond motifs is 1. The van der Waals surface area contributed by atoms with Gasteiger partial charge < -0.3 is 14.0 Å². The van der Waals surface area contributed by atoms with Gasteiger partial charge in [0.25, 0.3) is 0 Å². The Labute approximate surface area is 189 Å². The number of benzene rings is 2. The van der Waals surface area contributed by atoms with Gasteiger partial charge in [0, 0.05) is 17.7 Å². The zero-order valence-electron chi connectivity index (χ0n) is 17.6. The molecule has 2 aromatic rings. The number of aliphatic carboxylic acids is 1. The maximum atomic E-state index is 15.3. The van der Waals surface area contributed by atoms with Gasteiger partial charge >= 0.3 is 21.6 Å². The minimum atomic E-state index is -6.68. The third kappa shape index (κ3) is 5.38. The lowest BCUT2D eigenvalue weighted by Crippen LogP contribution is -2.32. The molecule has 0 amide bonds. The molecular formula is C18H16F6O8S2. The van der Waals surface area contributed by atoms with E-state index in [1.54, 1.807) is 0 Å². The lowest BCUT2D eigenvalue weighted by molar-refractivity contribution is -0.161. The fourth-order valence-electron chi connectivity index (χ4n) is 2.89. The Bertz CT molecular complexity index is 1380. The summed E-state index contributed by atoms with van der Waals surface area (Å²) in [5.74, 6) is -9.30. The quantitative estimate of drug-likeness (QED) is 0.334. The summed E-state index contributed by atoms with van der Waals surface area (Å²) in [5, 5.41) is 6.83. The van der Waals surface area contributed by atoms with Crippen LogP contribution >= 0.6 is 0 Å². The third-order valence-corrected chi connectivity index (χ3v) is 6.11. The molecule has 190 valence electrons. The number of hydrogen-bond acceptors (Lipinski definition) is 7. The van der Waals surface area contributed by atoms with Gasteiger partial charge in [-0.2, -0.15) is 21.6 Å². The first-order chi connectivity index (χ1) is 15.1. The van der Waals surface area contributed by atoms with Crippen molar-refractivity contribution >= 4 is 36.7 Å². The van der Waals surface area contributed by atoms with E-state index in [2.05, 4.69) is 4.18 Å². The van der Waals surface area contributed by atoms with Crippen molar-refractivity contribution in [2.24, 2.45) is 0 Å². The zero-order chi connectivity index (χ0) is 26.6. The van der Waals surface area contributed by atoms with E-state index in [9.17, 15) is 48.7 Å². The van der Waals surface area contributed by atoms with Crippen molar-refractivity contribution in [3.8, 4) is 5.75 Å². The molecule has 0 aliphatic heterocycles. The molecule has 0 radical (unpaired) electrons. The van der Waals surface area contributed by atoms with E-state index >= 15 is 4.39 Å². The average Bonchev–Trinajstić information content (AvgIpc) is 2.58. The number of rotatable bonds is 6. The molecule has 0 saturated carbocycles. The number of hydrogen-bond donors (Lipinski definition) is 1. The van der Waals surface area contributed by atoms with Crippen molar-refractivity contribution in [1.29, 1.82) is 0 Å². The molecule has 0 spiro atoms. The second kappa shape index (κ2) is 8.57. The molecule has 1 N–H and O–H groups in total. The van der Waals surface area contributed by atoms with Crippen molar-refractivity contribution in [2.75, 3.05) is 6.26 Å². The van der Waals surface area contributed by atoms with Crippen LogP contribution in [-0.2, 0) is 29.5 Å². The van der Waals surface area contributed by atoms with Crippen molar-refractivity contribution in [1.82, 2.24) is 0 Å². The molecule has 0 aliphatic carbocycles. The summed E-state index contributed by atoms with van der Waals surface area (Å²) >= 11 is 0. The molecule has 0 heterocycles. The van der Waals surface area contributed by atoms with Gasteiger partial charge in [0.15, 0.2) is 27.5 Å². The Balaban J connectivity index is 3.29. The van der Waals surface area contributed by atoms with Crippen LogP contribution in [0.25, 0.3) is 10.8 Å². The molecule has 2 rings (SSSR count). The van der Waals surface area contributed by atoms with Gasteiger partial charge in [0.2, 0.25) is 0 Å². The van der Waals surface area contributed by atoms with E-state index in [1.807, 2.05) is 0 Å².